The van der Waals surface area contributed by atoms with Gasteiger partial charge in [0.05, 0.1) is 24.7 Å². The molecule has 0 aromatic carbocycles. The van der Waals surface area contributed by atoms with Gasteiger partial charge < -0.3 is 36.0 Å². The van der Waals surface area contributed by atoms with E-state index in [1.165, 1.54) is 51.9 Å². The van der Waals surface area contributed by atoms with Gasteiger partial charge in [0.25, 0.3) is 0 Å². The number of ether oxygens (including phenoxy) is 1. The summed E-state index contributed by atoms with van der Waals surface area (Å²) in [5.74, 6) is -5.08. The zero-order valence-electron chi connectivity index (χ0n) is 27.3. The zero-order valence-corrected chi connectivity index (χ0v) is 27.3. The van der Waals surface area contributed by atoms with E-state index >= 15 is 0 Å². The summed E-state index contributed by atoms with van der Waals surface area (Å²) in [5, 5.41) is 38.5. The van der Waals surface area contributed by atoms with Crippen molar-refractivity contribution in [1.82, 2.24) is 16.0 Å². The van der Waals surface area contributed by atoms with Crippen molar-refractivity contribution in [1.29, 1.82) is 0 Å². The molecule has 1 saturated heterocycles. The number of aliphatic hydroxyl groups excluding tert-OH is 3. The molecule has 43 heavy (non-hydrogen) atoms. The standard InChI is InChI=1S/C32H59N3O8/c1-7-8-9-10-11-12-13-14-15-16-17-18-25(38)21(4)28-22(5)29(39)34-26(20(2)3)30(40)35-27(23(6)37)31(41)33-24(19-36)32(42)43-28/h20-28,36-38H,7-19H2,1-6H3,(H,33,41)(H,34,39)(H,35,40)/t21-,22-,23-,24-,25-,26+,27-,28+/m1/s1. The fourth-order valence-electron chi connectivity index (χ4n) is 5.44. The van der Waals surface area contributed by atoms with Gasteiger partial charge in [-0.25, -0.2) is 4.79 Å². The van der Waals surface area contributed by atoms with Crippen LogP contribution in [0, 0.1) is 17.8 Å². The second-order valence-electron chi connectivity index (χ2n) is 12.6. The molecule has 1 rings (SSSR count). The lowest BCUT2D eigenvalue weighted by Crippen LogP contribution is -2.60. The van der Waals surface area contributed by atoms with Crippen molar-refractivity contribution in [2.45, 2.75) is 155 Å². The van der Waals surface area contributed by atoms with Crippen LogP contribution in [0.3, 0.4) is 0 Å². The van der Waals surface area contributed by atoms with E-state index in [0.29, 0.717) is 6.42 Å². The number of aliphatic hydroxyl groups is 3. The Balaban J connectivity index is 2.95. The van der Waals surface area contributed by atoms with E-state index in [1.54, 1.807) is 27.7 Å². The van der Waals surface area contributed by atoms with Gasteiger partial charge in [-0.2, -0.15) is 0 Å². The number of cyclic esters (lactones) is 1. The Kier molecular flexibility index (Phi) is 18.6. The highest BCUT2D eigenvalue weighted by Crippen LogP contribution is 2.25. The van der Waals surface area contributed by atoms with E-state index in [2.05, 4.69) is 22.9 Å². The molecule has 0 radical (unpaired) electrons. The first kappa shape index (κ1) is 38.8. The average molecular weight is 614 g/mol. The van der Waals surface area contributed by atoms with Crippen LogP contribution in [0.4, 0.5) is 0 Å². The van der Waals surface area contributed by atoms with Gasteiger partial charge in [0, 0.05) is 5.92 Å². The first-order chi connectivity index (χ1) is 20.3. The number of amides is 3. The highest BCUT2D eigenvalue weighted by Gasteiger charge is 2.40. The third-order valence-corrected chi connectivity index (χ3v) is 8.48. The molecule has 0 unspecified atom stereocenters. The summed E-state index contributed by atoms with van der Waals surface area (Å²) in [6.07, 6.45) is 10.1. The van der Waals surface area contributed by atoms with E-state index in [1.807, 2.05) is 0 Å². The third-order valence-electron chi connectivity index (χ3n) is 8.48. The molecule has 3 amide bonds. The summed E-state index contributed by atoms with van der Waals surface area (Å²) in [7, 11) is 0. The van der Waals surface area contributed by atoms with Gasteiger partial charge in [0.2, 0.25) is 17.7 Å². The number of unbranched alkanes of at least 4 members (excludes halogenated alkanes) is 10. The second-order valence-corrected chi connectivity index (χ2v) is 12.6. The Labute approximate surface area is 258 Å². The summed E-state index contributed by atoms with van der Waals surface area (Å²) >= 11 is 0. The van der Waals surface area contributed by atoms with Crippen LogP contribution in [0.1, 0.15) is 119 Å². The number of rotatable bonds is 17. The van der Waals surface area contributed by atoms with Gasteiger partial charge in [0.15, 0.2) is 6.04 Å². The average Bonchev–Trinajstić information content (AvgIpc) is 2.96. The molecule has 0 aliphatic carbocycles. The van der Waals surface area contributed by atoms with Gasteiger partial charge in [0.1, 0.15) is 18.2 Å². The van der Waals surface area contributed by atoms with Crippen molar-refractivity contribution in [2.75, 3.05) is 6.61 Å². The van der Waals surface area contributed by atoms with Crippen LogP contribution >= 0.6 is 0 Å². The first-order valence-corrected chi connectivity index (χ1v) is 16.4. The molecule has 0 bridgehead atoms. The van der Waals surface area contributed by atoms with Crippen molar-refractivity contribution < 1.29 is 39.2 Å². The van der Waals surface area contributed by atoms with Crippen LogP contribution in [0.25, 0.3) is 0 Å². The molecule has 0 spiro atoms. The van der Waals surface area contributed by atoms with Crippen LogP contribution < -0.4 is 16.0 Å². The normalized spacial score (nSPS) is 26.2. The molecule has 1 aliphatic rings. The van der Waals surface area contributed by atoms with Gasteiger partial charge in [-0.15, -0.1) is 0 Å². The van der Waals surface area contributed by atoms with E-state index in [-0.39, 0.29) is 5.92 Å². The highest BCUT2D eigenvalue weighted by molar-refractivity contribution is 5.94. The minimum atomic E-state index is -1.50. The minimum absolute atomic E-state index is 0.366. The van der Waals surface area contributed by atoms with Crippen LogP contribution in [-0.4, -0.2) is 82.1 Å². The fraction of sp³-hybridized carbons (Fsp3) is 0.875. The molecule has 1 heterocycles. The summed E-state index contributed by atoms with van der Waals surface area (Å²) < 4.78 is 5.70. The molecule has 8 atom stereocenters. The lowest BCUT2D eigenvalue weighted by molar-refractivity contribution is -0.164. The molecule has 1 aliphatic heterocycles. The number of hydrogen-bond acceptors (Lipinski definition) is 8. The van der Waals surface area contributed by atoms with Gasteiger partial charge in [-0.05, 0) is 19.3 Å². The molecule has 1 fully saturated rings. The maximum atomic E-state index is 13.4. The highest BCUT2D eigenvalue weighted by atomic mass is 16.5. The van der Waals surface area contributed by atoms with Crippen molar-refractivity contribution in [3.8, 4) is 0 Å². The van der Waals surface area contributed by atoms with Crippen LogP contribution in [0.2, 0.25) is 0 Å². The number of hydrogen-bond donors (Lipinski definition) is 6. The summed E-state index contributed by atoms with van der Waals surface area (Å²) in [6, 6.07) is -3.97. The monoisotopic (exact) mass is 613 g/mol. The summed E-state index contributed by atoms with van der Waals surface area (Å²) in [4.78, 5) is 52.4. The minimum Gasteiger partial charge on any atom is -0.460 e. The lowest BCUT2D eigenvalue weighted by Gasteiger charge is -2.33. The van der Waals surface area contributed by atoms with Crippen molar-refractivity contribution in [3.63, 3.8) is 0 Å². The molecule has 11 heteroatoms. The largest absolute Gasteiger partial charge is 0.460 e. The van der Waals surface area contributed by atoms with Crippen LogP contribution in [-0.2, 0) is 23.9 Å². The van der Waals surface area contributed by atoms with Gasteiger partial charge >= 0.3 is 5.97 Å². The Morgan fingerprint density at radius 3 is 1.70 bits per heavy atom. The Bertz CT molecular complexity index is 852. The molecule has 11 nitrogen and oxygen atoms in total. The van der Waals surface area contributed by atoms with Gasteiger partial charge in [-0.3, -0.25) is 14.4 Å². The zero-order chi connectivity index (χ0) is 32.5. The Morgan fingerprint density at radius 2 is 1.21 bits per heavy atom. The smallest absolute Gasteiger partial charge is 0.331 e. The Morgan fingerprint density at radius 1 is 0.721 bits per heavy atom. The Hall–Kier alpha value is -2.24. The molecule has 0 aromatic rings. The maximum absolute atomic E-state index is 13.4. The quantitative estimate of drug-likeness (QED) is 0.107. The first-order valence-electron chi connectivity index (χ1n) is 16.4. The molecular formula is C32H59N3O8. The van der Waals surface area contributed by atoms with Crippen molar-refractivity contribution in [3.05, 3.63) is 0 Å². The van der Waals surface area contributed by atoms with Crippen LogP contribution in [0.5, 0.6) is 0 Å². The predicted molar refractivity (Wildman–Crippen MR) is 165 cm³/mol. The molecule has 0 aromatic heterocycles. The van der Waals surface area contributed by atoms with Crippen molar-refractivity contribution in [2.24, 2.45) is 17.8 Å². The van der Waals surface area contributed by atoms with Crippen molar-refractivity contribution >= 4 is 23.7 Å². The lowest BCUT2D eigenvalue weighted by atomic mass is 9.86. The molecule has 250 valence electrons. The second kappa shape index (κ2) is 20.7. The number of carbonyl (C=O) groups is 4. The fourth-order valence-corrected chi connectivity index (χ4v) is 5.44. The maximum Gasteiger partial charge on any atom is 0.331 e. The van der Waals surface area contributed by atoms with E-state index in [9.17, 15) is 34.5 Å². The third kappa shape index (κ3) is 13.5. The number of carbonyl (C=O) groups excluding carboxylic acids is 4. The SMILES string of the molecule is CCCCCCCCCCCCC[C@@H](O)[C@@H](C)[C@@H]1OC(=O)[C@@H](CO)NC(=O)[C@@H]([C@@H](C)O)NC(=O)[C@H](C(C)C)NC(=O)[C@@H]1C. The van der Waals surface area contributed by atoms with E-state index in [0.717, 1.165) is 25.7 Å². The van der Waals surface area contributed by atoms with E-state index in [4.69, 9.17) is 4.74 Å². The molecular weight excluding hydrogens is 554 g/mol. The van der Waals surface area contributed by atoms with E-state index < -0.39 is 78.6 Å². The van der Waals surface area contributed by atoms with Gasteiger partial charge in [-0.1, -0.05) is 105 Å². The topological polar surface area (TPSA) is 174 Å². The van der Waals surface area contributed by atoms with Crippen LogP contribution in [0.15, 0.2) is 0 Å². The predicted octanol–water partition coefficient (Wildman–Crippen LogP) is 2.73. The number of nitrogens with one attached hydrogen (secondary N) is 3. The summed E-state index contributed by atoms with van der Waals surface area (Å²) in [5.41, 5.74) is 0. The molecule has 0 saturated carbocycles. The number of esters is 1. The summed E-state index contributed by atoms with van der Waals surface area (Å²) in [6.45, 7) is 9.42. The molecule has 6 N–H and O–H groups in total.